The van der Waals surface area contributed by atoms with Gasteiger partial charge in [0, 0.05) is 43.1 Å². The third-order valence-corrected chi connectivity index (χ3v) is 5.99. The molecular weight excluding hydrogens is 464 g/mol. The van der Waals surface area contributed by atoms with Crippen molar-refractivity contribution in [2.75, 3.05) is 50.8 Å². The quantitative estimate of drug-likeness (QED) is 0.533. The number of nitrogens with zero attached hydrogens (tertiary/aromatic N) is 2. The van der Waals surface area contributed by atoms with Gasteiger partial charge in [-0.25, -0.2) is 9.59 Å². The van der Waals surface area contributed by atoms with Gasteiger partial charge < -0.3 is 29.0 Å². The summed E-state index contributed by atoms with van der Waals surface area (Å²) in [6.07, 6.45) is 2.83. The van der Waals surface area contributed by atoms with E-state index in [1.807, 2.05) is 36.6 Å². The molecule has 1 aromatic heterocycles. The minimum absolute atomic E-state index is 0.618. The van der Waals surface area contributed by atoms with Gasteiger partial charge in [-0.1, -0.05) is 17.7 Å². The van der Waals surface area contributed by atoms with Gasteiger partial charge in [0.05, 0.1) is 12.0 Å². The normalized spacial score (nSPS) is 15.5. The summed E-state index contributed by atoms with van der Waals surface area (Å²) >= 11 is 6.14. The van der Waals surface area contributed by atoms with Crippen molar-refractivity contribution in [1.82, 2.24) is 4.90 Å². The Hall–Kier alpha value is -3.43. The van der Waals surface area contributed by atoms with Crippen LogP contribution in [-0.2, 0) is 16.0 Å². The lowest BCUT2D eigenvalue weighted by Gasteiger charge is -2.37. The van der Waals surface area contributed by atoms with Crippen molar-refractivity contribution in [3.05, 3.63) is 53.2 Å². The topological polar surface area (TPSA) is 113 Å². The molecule has 2 aromatic carbocycles. The summed E-state index contributed by atoms with van der Waals surface area (Å²) in [5.41, 5.74) is 3.27. The standard InChI is InChI=1S/C22H23ClN2O3.C2H2O4/c23-17-4-5-20-18(14-17)16(15-28-20)6-7-24-8-10-25(11-9-24)19-2-1-3-21-22(19)27-13-12-26-21;3-1(4)2(5)6/h1-5,14-15H,6-13H2;(H,3,4)(H,5,6). The Morgan fingerprint density at radius 1 is 0.971 bits per heavy atom. The first-order valence-electron chi connectivity index (χ1n) is 10.9. The average Bonchev–Trinajstić information content (AvgIpc) is 3.25. The number of halogens is 1. The molecule has 0 atom stereocenters. The van der Waals surface area contributed by atoms with Gasteiger partial charge in [-0.2, -0.15) is 0 Å². The van der Waals surface area contributed by atoms with Crippen molar-refractivity contribution < 1.29 is 33.7 Å². The Bertz CT molecular complexity index is 1160. The lowest BCUT2D eigenvalue weighted by molar-refractivity contribution is -0.159. The number of piperazine rings is 1. The molecule has 1 fully saturated rings. The highest BCUT2D eigenvalue weighted by atomic mass is 35.5. The smallest absolute Gasteiger partial charge is 0.414 e. The first kappa shape index (κ1) is 23.7. The van der Waals surface area contributed by atoms with Crippen LogP contribution in [0.4, 0.5) is 5.69 Å². The van der Waals surface area contributed by atoms with E-state index in [-0.39, 0.29) is 0 Å². The van der Waals surface area contributed by atoms with E-state index in [2.05, 4.69) is 15.9 Å². The first-order chi connectivity index (χ1) is 16.4. The van der Waals surface area contributed by atoms with E-state index in [4.69, 9.17) is 45.3 Å². The third kappa shape index (κ3) is 5.55. The predicted molar refractivity (Wildman–Crippen MR) is 126 cm³/mol. The molecule has 1 saturated heterocycles. The highest BCUT2D eigenvalue weighted by Crippen LogP contribution is 2.39. The molecule has 0 bridgehead atoms. The molecule has 34 heavy (non-hydrogen) atoms. The van der Waals surface area contributed by atoms with Crippen LogP contribution in [0.2, 0.25) is 5.02 Å². The molecule has 0 saturated carbocycles. The number of carboxylic acid groups (broad SMARTS) is 2. The van der Waals surface area contributed by atoms with Gasteiger partial charge in [0.15, 0.2) is 11.5 Å². The molecular formula is C24H25ClN2O7. The van der Waals surface area contributed by atoms with Gasteiger partial charge in [0.1, 0.15) is 18.8 Å². The number of carbonyl (C=O) groups is 2. The predicted octanol–water partition coefficient (Wildman–Crippen LogP) is 3.38. The lowest BCUT2D eigenvalue weighted by atomic mass is 10.1. The number of anilines is 1. The molecule has 2 aliphatic heterocycles. The van der Waals surface area contributed by atoms with Crippen LogP contribution in [0.3, 0.4) is 0 Å². The number of rotatable bonds is 4. The van der Waals surface area contributed by atoms with Crippen molar-refractivity contribution in [1.29, 1.82) is 0 Å². The van der Waals surface area contributed by atoms with Crippen molar-refractivity contribution in [2.45, 2.75) is 6.42 Å². The SMILES string of the molecule is Clc1ccc2occ(CCN3CCN(c4cccc5c4OCCO5)CC3)c2c1.O=C(O)C(=O)O. The molecule has 3 aromatic rings. The van der Waals surface area contributed by atoms with Crippen molar-refractivity contribution in [2.24, 2.45) is 0 Å². The second-order valence-electron chi connectivity index (χ2n) is 7.89. The molecule has 0 amide bonds. The summed E-state index contributed by atoms with van der Waals surface area (Å²) in [6.45, 7) is 6.28. The van der Waals surface area contributed by atoms with E-state index in [1.54, 1.807) is 0 Å². The van der Waals surface area contributed by atoms with E-state index >= 15 is 0 Å². The third-order valence-electron chi connectivity index (χ3n) is 5.75. The molecule has 10 heteroatoms. The molecule has 0 spiro atoms. The molecule has 0 unspecified atom stereocenters. The number of furan rings is 1. The summed E-state index contributed by atoms with van der Waals surface area (Å²) in [6, 6.07) is 12.0. The van der Waals surface area contributed by atoms with Gasteiger partial charge in [-0.3, -0.25) is 4.90 Å². The highest BCUT2D eigenvalue weighted by molar-refractivity contribution is 6.31. The Morgan fingerprint density at radius 2 is 1.71 bits per heavy atom. The zero-order valence-electron chi connectivity index (χ0n) is 18.4. The van der Waals surface area contributed by atoms with E-state index in [9.17, 15) is 0 Å². The fraction of sp³-hybridized carbons (Fsp3) is 0.333. The van der Waals surface area contributed by atoms with Crippen LogP contribution in [0.25, 0.3) is 11.0 Å². The number of ether oxygens (including phenoxy) is 2. The number of aliphatic carboxylic acids is 2. The fourth-order valence-corrected chi connectivity index (χ4v) is 4.22. The summed E-state index contributed by atoms with van der Waals surface area (Å²) in [5, 5.41) is 16.7. The largest absolute Gasteiger partial charge is 0.486 e. The monoisotopic (exact) mass is 488 g/mol. The van der Waals surface area contributed by atoms with E-state index in [0.717, 1.165) is 72.3 Å². The van der Waals surface area contributed by atoms with Crippen LogP contribution in [-0.4, -0.2) is 73.0 Å². The van der Waals surface area contributed by atoms with Crippen molar-refractivity contribution >= 4 is 40.2 Å². The zero-order chi connectivity index (χ0) is 24.1. The average molecular weight is 489 g/mol. The van der Waals surface area contributed by atoms with Crippen LogP contribution in [0.5, 0.6) is 11.5 Å². The van der Waals surface area contributed by atoms with Crippen molar-refractivity contribution in [3.8, 4) is 11.5 Å². The number of carboxylic acids is 2. The Morgan fingerprint density at radius 3 is 2.44 bits per heavy atom. The molecule has 9 nitrogen and oxygen atoms in total. The molecule has 0 aliphatic carbocycles. The van der Waals surface area contributed by atoms with Crippen LogP contribution < -0.4 is 14.4 Å². The first-order valence-corrected chi connectivity index (χ1v) is 11.3. The van der Waals surface area contributed by atoms with Gasteiger partial charge in [-0.15, -0.1) is 0 Å². The second-order valence-corrected chi connectivity index (χ2v) is 8.33. The minimum atomic E-state index is -1.82. The Kier molecular flexibility index (Phi) is 7.44. The van der Waals surface area contributed by atoms with Crippen LogP contribution >= 0.6 is 11.6 Å². The molecule has 3 heterocycles. The number of benzene rings is 2. The summed E-state index contributed by atoms with van der Waals surface area (Å²) in [4.78, 5) is 23.1. The lowest BCUT2D eigenvalue weighted by Crippen LogP contribution is -2.47. The molecule has 2 aliphatic rings. The van der Waals surface area contributed by atoms with Gasteiger partial charge in [0.2, 0.25) is 0 Å². The number of fused-ring (bicyclic) bond motifs is 2. The summed E-state index contributed by atoms with van der Waals surface area (Å²) < 4.78 is 17.3. The van der Waals surface area contributed by atoms with Crippen LogP contribution in [0, 0.1) is 0 Å². The summed E-state index contributed by atoms with van der Waals surface area (Å²) in [7, 11) is 0. The van der Waals surface area contributed by atoms with Crippen molar-refractivity contribution in [3.63, 3.8) is 0 Å². The van der Waals surface area contributed by atoms with Crippen LogP contribution in [0.1, 0.15) is 5.56 Å². The molecule has 0 radical (unpaired) electrons. The van der Waals surface area contributed by atoms with Crippen LogP contribution in [0.15, 0.2) is 47.1 Å². The highest BCUT2D eigenvalue weighted by Gasteiger charge is 2.23. The molecule has 180 valence electrons. The maximum absolute atomic E-state index is 9.10. The maximum Gasteiger partial charge on any atom is 0.414 e. The summed E-state index contributed by atoms with van der Waals surface area (Å²) in [5.74, 6) is -1.90. The number of para-hydroxylation sites is 1. The molecule has 2 N–H and O–H groups in total. The zero-order valence-corrected chi connectivity index (χ0v) is 19.2. The Labute approximate surface area is 201 Å². The van der Waals surface area contributed by atoms with E-state index in [0.29, 0.717) is 13.2 Å². The maximum atomic E-state index is 9.10. The molecule has 5 rings (SSSR count). The second kappa shape index (κ2) is 10.7. The fourth-order valence-electron chi connectivity index (χ4n) is 4.05. The Balaban J connectivity index is 0.000000408. The van der Waals surface area contributed by atoms with Gasteiger partial charge >= 0.3 is 11.9 Å². The number of hydrogen-bond donors (Lipinski definition) is 2. The van der Waals surface area contributed by atoms with Gasteiger partial charge in [0.25, 0.3) is 0 Å². The minimum Gasteiger partial charge on any atom is -0.486 e. The van der Waals surface area contributed by atoms with Gasteiger partial charge in [-0.05, 0) is 42.3 Å². The van der Waals surface area contributed by atoms with E-state index < -0.39 is 11.9 Å². The number of hydrogen-bond acceptors (Lipinski definition) is 7. The van der Waals surface area contributed by atoms with E-state index in [1.165, 1.54) is 5.56 Å².